The maximum absolute atomic E-state index is 13.3. The lowest BCUT2D eigenvalue weighted by molar-refractivity contribution is -0.385. The molecule has 0 atom stereocenters. The summed E-state index contributed by atoms with van der Waals surface area (Å²) in [6.07, 6.45) is 1.12. The van der Waals surface area contributed by atoms with Gasteiger partial charge in [0.25, 0.3) is 11.6 Å². The van der Waals surface area contributed by atoms with Crippen LogP contribution in [0.1, 0.15) is 46.0 Å². The highest BCUT2D eigenvalue weighted by atomic mass is 16.6. The van der Waals surface area contributed by atoms with Crippen LogP contribution >= 0.6 is 0 Å². The van der Waals surface area contributed by atoms with Gasteiger partial charge in [-0.3, -0.25) is 24.6 Å². The molecule has 9 nitrogen and oxygen atoms in total. The smallest absolute Gasteiger partial charge is 0.338 e. The van der Waals surface area contributed by atoms with Gasteiger partial charge in [0, 0.05) is 35.8 Å². The third-order valence-electron chi connectivity index (χ3n) is 5.07. The molecule has 0 N–H and O–H groups in total. The van der Waals surface area contributed by atoms with Gasteiger partial charge in [-0.05, 0) is 50.6 Å². The van der Waals surface area contributed by atoms with Gasteiger partial charge in [0.05, 0.1) is 17.1 Å². The van der Waals surface area contributed by atoms with Gasteiger partial charge < -0.3 is 9.64 Å². The Morgan fingerprint density at radius 2 is 1.84 bits per heavy atom. The first-order valence-electron chi connectivity index (χ1n) is 9.93. The fraction of sp³-hybridized carbons (Fsp3) is 0.318. The van der Waals surface area contributed by atoms with Gasteiger partial charge in [-0.15, -0.1) is 0 Å². The van der Waals surface area contributed by atoms with Gasteiger partial charge in [-0.25, -0.2) is 4.79 Å². The van der Waals surface area contributed by atoms with Crippen molar-refractivity contribution < 1.29 is 24.0 Å². The first-order valence-corrected chi connectivity index (χ1v) is 9.93. The molecule has 1 fully saturated rings. The van der Waals surface area contributed by atoms with Crippen LogP contribution in [-0.2, 0) is 9.53 Å². The first kappa shape index (κ1) is 21.9. The second-order valence-electron chi connectivity index (χ2n) is 7.16. The predicted molar refractivity (Wildman–Crippen MR) is 113 cm³/mol. The zero-order valence-electron chi connectivity index (χ0n) is 17.4. The van der Waals surface area contributed by atoms with E-state index in [1.807, 2.05) is 0 Å². The van der Waals surface area contributed by atoms with Crippen molar-refractivity contribution in [2.24, 2.45) is 0 Å². The van der Waals surface area contributed by atoms with Crippen molar-refractivity contribution in [3.8, 4) is 0 Å². The Kier molecular flexibility index (Phi) is 6.64. The quantitative estimate of drug-likeness (QED) is 0.382. The number of carbonyl (C=O) groups is 3. The van der Waals surface area contributed by atoms with Gasteiger partial charge >= 0.3 is 5.97 Å². The van der Waals surface area contributed by atoms with Crippen molar-refractivity contribution >= 4 is 29.2 Å². The number of hydrogen-bond donors (Lipinski definition) is 0. The summed E-state index contributed by atoms with van der Waals surface area (Å²) in [5.41, 5.74) is 1.22. The molecule has 0 saturated carbocycles. The Labute approximate surface area is 179 Å². The van der Waals surface area contributed by atoms with Crippen molar-refractivity contribution in [2.75, 3.05) is 24.7 Å². The summed E-state index contributed by atoms with van der Waals surface area (Å²) < 4.78 is 4.98. The van der Waals surface area contributed by atoms with E-state index in [1.165, 1.54) is 35.2 Å². The second-order valence-corrected chi connectivity index (χ2v) is 7.16. The molecule has 2 aromatic carbocycles. The van der Waals surface area contributed by atoms with E-state index in [2.05, 4.69) is 0 Å². The summed E-state index contributed by atoms with van der Waals surface area (Å²) >= 11 is 0. The Hall–Kier alpha value is -3.75. The number of anilines is 1. The lowest BCUT2D eigenvalue weighted by atomic mass is 10.1. The number of aryl methyl sites for hydroxylation is 1. The minimum absolute atomic E-state index is 0.0120. The van der Waals surface area contributed by atoms with Gasteiger partial charge in [0.1, 0.15) is 6.67 Å². The average Bonchev–Trinajstić information content (AvgIpc) is 3.16. The minimum atomic E-state index is -0.533. The summed E-state index contributed by atoms with van der Waals surface area (Å²) in [4.78, 5) is 51.1. The van der Waals surface area contributed by atoms with E-state index in [0.29, 0.717) is 36.2 Å². The molecule has 0 unspecified atom stereocenters. The molecule has 0 spiro atoms. The van der Waals surface area contributed by atoms with Crippen molar-refractivity contribution in [1.29, 1.82) is 0 Å². The lowest BCUT2D eigenvalue weighted by Crippen LogP contribution is -2.42. The molecule has 31 heavy (non-hydrogen) atoms. The zero-order valence-corrected chi connectivity index (χ0v) is 17.4. The van der Waals surface area contributed by atoms with Crippen LogP contribution < -0.4 is 4.90 Å². The van der Waals surface area contributed by atoms with Crippen LogP contribution in [0.3, 0.4) is 0 Å². The third-order valence-corrected chi connectivity index (χ3v) is 5.07. The SMILES string of the molecule is CCOC(=O)c1ccc(N(CN2CCCC2=O)C(=O)c2ccc(C)c([N+](=O)[O-])c2)cc1. The molecule has 2 amide bonds. The van der Waals surface area contributed by atoms with Crippen molar-refractivity contribution in [1.82, 2.24) is 4.90 Å². The number of rotatable bonds is 7. The number of amides is 2. The molecule has 162 valence electrons. The molecular formula is C22H23N3O6. The third kappa shape index (κ3) is 4.88. The van der Waals surface area contributed by atoms with Crippen LogP contribution in [0.5, 0.6) is 0 Å². The molecule has 0 aliphatic carbocycles. The number of nitrogens with zero attached hydrogens (tertiary/aromatic N) is 3. The molecule has 3 rings (SSSR count). The van der Waals surface area contributed by atoms with E-state index < -0.39 is 16.8 Å². The van der Waals surface area contributed by atoms with E-state index in [-0.39, 0.29) is 30.4 Å². The summed E-state index contributed by atoms with van der Waals surface area (Å²) in [6.45, 7) is 4.09. The number of esters is 1. The number of benzene rings is 2. The van der Waals surface area contributed by atoms with Crippen molar-refractivity contribution in [3.63, 3.8) is 0 Å². The van der Waals surface area contributed by atoms with Gasteiger partial charge in [-0.2, -0.15) is 0 Å². The van der Waals surface area contributed by atoms with E-state index in [4.69, 9.17) is 4.74 Å². The van der Waals surface area contributed by atoms with E-state index in [1.54, 1.807) is 30.9 Å². The number of ether oxygens (including phenoxy) is 1. The molecule has 1 aliphatic rings. The number of nitro benzene ring substituents is 1. The van der Waals surface area contributed by atoms with Gasteiger partial charge in [0.2, 0.25) is 5.91 Å². The van der Waals surface area contributed by atoms with Crippen molar-refractivity contribution in [3.05, 3.63) is 69.3 Å². The molecule has 0 bridgehead atoms. The van der Waals surface area contributed by atoms with Crippen LogP contribution in [0.25, 0.3) is 0 Å². The second kappa shape index (κ2) is 9.38. The topological polar surface area (TPSA) is 110 Å². The van der Waals surface area contributed by atoms with Crippen LogP contribution in [0, 0.1) is 17.0 Å². The van der Waals surface area contributed by atoms with E-state index in [0.717, 1.165) is 0 Å². The number of nitro groups is 1. The highest BCUT2D eigenvalue weighted by Crippen LogP contribution is 2.24. The van der Waals surface area contributed by atoms with Crippen LogP contribution in [0.15, 0.2) is 42.5 Å². The summed E-state index contributed by atoms with van der Waals surface area (Å²) in [6, 6.07) is 10.5. The molecule has 0 aromatic heterocycles. The molecular weight excluding hydrogens is 402 g/mol. The number of carbonyl (C=O) groups excluding carboxylic acids is 3. The van der Waals surface area contributed by atoms with E-state index in [9.17, 15) is 24.5 Å². The van der Waals surface area contributed by atoms with Crippen LogP contribution in [0.4, 0.5) is 11.4 Å². The molecule has 2 aromatic rings. The van der Waals surface area contributed by atoms with Crippen LogP contribution in [0.2, 0.25) is 0 Å². The maximum Gasteiger partial charge on any atom is 0.338 e. The molecule has 0 radical (unpaired) electrons. The molecule has 1 saturated heterocycles. The predicted octanol–water partition coefficient (Wildman–Crippen LogP) is 3.31. The summed E-state index contributed by atoms with van der Waals surface area (Å²) in [5.74, 6) is -1.02. The van der Waals surface area contributed by atoms with Gasteiger partial charge in [0.15, 0.2) is 0 Å². The Morgan fingerprint density at radius 3 is 2.42 bits per heavy atom. The van der Waals surface area contributed by atoms with E-state index >= 15 is 0 Å². The largest absolute Gasteiger partial charge is 0.462 e. The average molecular weight is 425 g/mol. The highest BCUT2D eigenvalue weighted by molar-refractivity contribution is 6.07. The fourth-order valence-corrected chi connectivity index (χ4v) is 3.37. The molecule has 9 heteroatoms. The molecule has 1 heterocycles. The maximum atomic E-state index is 13.3. The molecule has 1 aliphatic heterocycles. The summed E-state index contributed by atoms with van der Waals surface area (Å²) in [7, 11) is 0. The monoisotopic (exact) mass is 425 g/mol. The minimum Gasteiger partial charge on any atom is -0.462 e. The standard InChI is InChI=1S/C22H23N3O6/c1-3-31-22(28)16-8-10-18(11-9-16)24(14-23-12-4-5-20(23)26)21(27)17-7-6-15(2)19(13-17)25(29)30/h6-11,13H,3-5,12,14H2,1-2H3. The van der Waals surface area contributed by atoms with Crippen LogP contribution in [-0.4, -0.2) is 47.4 Å². The Balaban J connectivity index is 1.95. The summed E-state index contributed by atoms with van der Waals surface area (Å²) in [5, 5.41) is 11.3. The number of hydrogen-bond acceptors (Lipinski definition) is 6. The van der Waals surface area contributed by atoms with Crippen molar-refractivity contribution in [2.45, 2.75) is 26.7 Å². The zero-order chi connectivity index (χ0) is 22.5. The number of likely N-dealkylation sites (tertiary alicyclic amines) is 1. The Morgan fingerprint density at radius 1 is 1.16 bits per heavy atom. The fourth-order valence-electron chi connectivity index (χ4n) is 3.37. The first-order chi connectivity index (χ1) is 14.8. The normalized spacial score (nSPS) is 13.2. The van der Waals surface area contributed by atoms with Gasteiger partial charge in [-0.1, -0.05) is 6.07 Å². The Bertz CT molecular complexity index is 1020. The lowest BCUT2D eigenvalue weighted by Gasteiger charge is -2.28. The highest BCUT2D eigenvalue weighted by Gasteiger charge is 2.27.